The van der Waals surface area contributed by atoms with Crippen molar-refractivity contribution in [2.45, 2.75) is 38.6 Å². The predicted octanol–water partition coefficient (Wildman–Crippen LogP) is 2.49. The van der Waals surface area contributed by atoms with Crippen LogP contribution in [-0.4, -0.2) is 31.5 Å². The van der Waals surface area contributed by atoms with Crippen LogP contribution < -0.4 is 14.8 Å². The number of rotatable bonds is 5. The number of nitrogens with one attached hydrogen (secondary N) is 1. The van der Waals surface area contributed by atoms with Crippen LogP contribution in [0.1, 0.15) is 37.7 Å². The molecule has 0 spiro atoms. The maximum atomic E-state index is 9.63. The molecule has 0 saturated heterocycles. The average Bonchev–Trinajstić information content (AvgIpc) is 2.86. The monoisotopic (exact) mass is 291 g/mol. The summed E-state index contributed by atoms with van der Waals surface area (Å²) in [6.45, 7) is 3.43. The minimum absolute atomic E-state index is 0.102. The molecule has 2 aliphatic rings. The topological polar surface area (TPSA) is 50.7 Å². The number of aliphatic hydroxyl groups is 1. The highest BCUT2D eigenvalue weighted by Gasteiger charge is 2.32. The fraction of sp³-hybridized carbons (Fsp3) is 0.647. The summed E-state index contributed by atoms with van der Waals surface area (Å²) in [5.74, 6) is 1.70. The Labute approximate surface area is 126 Å². The van der Waals surface area contributed by atoms with E-state index < -0.39 is 0 Å². The van der Waals surface area contributed by atoms with Gasteiger partial charge in [-0.25, -0.2) is 0 Å². The fourth-order valence-corrected chi connectivity index (χ4v) is 3.31. The van der Waals surface area contributed by atoms with Crippen LogP contribution in [0.5, 0.6) is 11.5 Å². The molecule has 21 heavy (non-hydrogen) atoms. The summed E-state index contributed by atoms with van der Waals surface area (Å²) in [6.07, 6.45) is 5.69. The zero-order valence-electron chi connectivity index (χ0n) is 12.6. The molecule has 0 bridgehead atoms. The zero-order valence-corrected chi connectivity index (χ0v) is 12.6. The normalized spacial score (nSPS) is 20.2. The van der Waals surface area contributed by atoms with E-state index in [1.165, 1.54) is 18.4 Å². The Kier molecular flexibility index (Phi) is 4.66. The van der Waals surface area contributed by atoms with Gasteiger partial charge in [0.2, 0.25) is 0 Å². The van der Waals surface area contributed by atoms with Crippen molar-refractivity contribution >= 4 is 0 Å². The summed E-state index contributed by atoms with van der Waals surface area (Å²) in [7, 11) is 0. The van der Waals surface area contributed by atoms with Crippen molar-refractivity contribution in [2.24, 2.45) is 5.41 Å². The van der Waals surface area contributed by atoms with E-state index in [2.05, 4.69) is 17.4 Å². The molecule has 1 aliphatic heterocycles. The van der Waals surface area contributed by atoms with Gasteiger partial charge in [-0.3, -0.25) is 0 Å². The molecule has 3 rings (SSSR count). The Morgan fingerprint density at radius 3 is 2.57 bits per heavy atom. The largest absolute Gasteiger partial charge is 0.490 e. The van der Waals surface area contributed by atoms with Gasteiger partial charge < -0.3 is 19.9 Å². The molecule has 0 amide bonds. The number of benzene rings is 1. The summed E-state index contributed by atoms with van der Waals surface area (Å²) < 4.78 is 11.4. The summed E-state index contributed by atoms with van der Waals surface area (Å²) in [6, 6.07) is 6.14. The van der Waals surface area contributed by atoms with Crippen molar-refractivity contribution in [1.82, 2.24) is 5.32 Å². The van der Waals surface area contributed by atoms with E-state index in [0.717, 1.165) is 57.1 Å². The van der Waals surface area contributed by atoms with Crippen molar-refractivity contribution in [2.75, 3.05) is 26.4 Å². The minimum atomic E-state index is 0.102. The van der Waals surface area contributed by atoms with E-state index in [0.29, 0.717) is 6.61 Å². The molecular formula is C17H25NO3. The fourth-order valence-electron chi connectivity index (χ4n) is 3.31. The highest BCUT2D eigenvalue weighted by Crippen LogP contribution is 2.37. The van der Waals surface area contributed by atoms with Gasteiger partial charge in [-0.05, 0) is 30.5 Å². The van der Waals surface area contributed by atoms with Gasteiger partial charge in [-0.2, -0.15) is 0 Å². The molecule has 1 aliphatic carbocycles. The summed E-state index contributed by atoms with van der Waals surface area (Å²) >= 11 is 0. The molecule has 4 heteroatoms. The van der Waals surface area contributed by atoms with Crippen LogP contribution in [0.4, 0.5) is 0 Å². The first-order valence-corrected chi connectivity index (χ1v) is 8.01. The number of fused-ring (bicyclic) bond motifs is 1. The molecule has 1 saturated carbocycles. The number of hydrogen-bond acceptors (Lipinski definition) is 4. The molecule has 1 heterocycles. The van der Waals surface area contributed by atoms with Crippen molar-refractivity contribution in [3.05, 3.63) is 23.8 Å². The average molecular weight is 291 g/mol. The molecule has 0 aromatic heterocycles. The molecule has 0 atom stereocenters. The lowest BCUT2D eigenvalue weighted by molar-refractivity contribution is 0.128. The van der Waals surface area contributed by atoms with E-state index in [4.69, 9.17) is 9.47 Å². The molecule has 0 unspecified atom stereocenters. The first-order valence-electron chi connectivity index (χ1n) is 8.01. The standard InChI is InChI=1S/C17H25NO3/c19-13-17(6-1-2-7-17)12-18-11-14-4-5-15-16(10-14)21-9-3-8-20-15/h4-5,10,18-19H,1-3,6-9,11-13H2. The molecule has 1 aromatic rings. The van der Waals surface area contributed by atoms with E-state index in [1.807, 2.05) is 6.07 Å². The lowest BCUT2D eigenvalue weighted by Gasteiger charge is -2.26. The third kappa shape index (κ3) is 3.50. The van der Waals surface area contributed by atoms with Gasteiger partial charge in [0, 0.05) is 31.5 Å². The second-order valence-electron chi connectivity index (χ2n) is 6.30. The van der Waals surface area contributed by atoms with Crippen LogP contribution in [0.15, 0.2) is 18.2 Å². The first-order chi connectivity index (χ1) is 10.3. The maximum Gasteiger partial charge on any atom is 0.161 e. The third-order valence-electron chi connectivity index (χ3n) is 4.64. The van der Waals surface area contributed by atoms with E-state index in [9.17, 15) is 5.11 Å². The van der Waals surface area contributed by atoms with Crippen LogP contribution in [-0.2, 0) is 6.54 Å². The van der Waals surface area contributed by atoms with Crippen LogP contribution in [0, 0.1) is 5.41 Å². The lowest BCUT2D eigenvalue weighted by Crippen LogP contribution is -2.34. The summed E-state index contributed by atoms with van der Waals surface area (Å²) in [5, 5.41) is 13.1. The van der Waals surface area contributed by atoms with Crippen molar-refractivity contribution in [3.8, 4) is 11.5 Å². The summed E-state index contributed by atoms with van der Waals surface area (Å²) in [4.78, 5) is 0. The van der Waals surface area contributed by atoms with Crippen LogP contribution in [0.25, 0.3) is 0 Å². The second-order valence-corrected chi connectivity index (χ2v) is 6.30. The Morgan fingerprint density at radius 2 is 1.81 bits per heavy atom. The predicted molar refractivity (Wildman–Crippen MR) is 81.7 cm³/mol. The third-order valence-corrected chi connectivity index (χ3v) is 4.64. The SMILES string of the molecule is OCC1(CNCc2ccc3c(c2)OCCCO3)CCCC1. The minimum Gasteiger partial charge on any atom is -0.490 e. The van der Waals surface area contributed by atoms with Gasteiger partial charge in [0.25, 0.3) is 0 Å². The quantitative estimate of drug-likeness (QED) is 0.875. The lowest BCUT2D eigenvalue weighted by atomic mass is 9.87. The Balaban J connectivity index is 1.57. The van der Waals surface area contributed by atoms with E-state index >= 15 is 0 Å². The van der Waals surface area contributed by atoms with Crippen LogP contribution in [0.2, 0.25) is 0 Å². The second kappa shape index (κ2) is 6.67. The Morgan fingerprint density at radius 1 is 1.05 bits per heavy atom. The molecule has 1 aromatic carbocycles. The molecule has 116 valence electrons. The van der Waals surface area contributed by atoms with E-state index in [1.54, 1.807) is 0 Å². The van der Waals surface area contributed by atoms with Gasteiger partial charge >= 0.3 is 0 Å². The van der Waals surface area contributed by atoms with Crippen LogP contribution in [0.3, 0.4) is 0 Å². The number of aliphatic hydroxyl groups excluding tert-OH is 1. The first kappa shape index (κ1) is 14.7. The van der Waals surface area contributed by atoms with Crippen molar-refractivity contribution in [3.63, 3.8) is 0 Å². The smallest absolute Gasteiger partial charge is 0.161 e. The highest BCUT2D eigenvalue weighted by molar-refractivity contribution is 5.43. The van der Waals surface area contributed by atoms with Gasteiger partial charge in [-0.1, -0.05) is 18.9 Å². The number of hydrogen-bond donors (Lipinski definition) is 2. The molecule has 2 N–H and O–H groups in total. The van der Waals surface area contributed by atoms with Crippen molar-refractivity contribution < 1.29 is 14.6 Å². The van der Waals surface area contributed by atoms with Gasteiger partial charge in [0.15, 0.2) is 11.5 Å². The molecule has 0 radical (unpaired) electrons. The van der Waals surface area contributed by atoms with Crippen molar-refractivity contribution in [1.29, 1.82) is 0 Å². The van der Waals surface area contributed by atoms with Gasteiger partial charge in [0.1, 0.15) is 0 Å². The molecule has 1 fully saturated rings. The maximum absolute atomic E-state index is 9.63. The molecule has 4 nitrogen and oxygen atoms in total. The number of ether oxygens (including phenoxy) is 2. The Hall–Kier alpha value is -1.26. The highest BCUT2D eigenvalue weighted by atomic mass is 16.5. The Bertz CT molecular complexity index is 469. The van der Waals surface area contributed by atoms with E-state index in [-0.39, 0.29) is 5.41 Å². The van der Waals surface area contributed by atoms with Gasteiger partial charge in [0.05, 0.1) is 13.2 Å². The summed E-state index contributed by atoms with van der Waals surface area (Å²) in [5.41, 5.74) is 1.30. The van der Waals surface area contributed by atoms with Gasteiger partial charge in [-0.15, -0.1) is 0 Å². The zero-order chi connectivity index (χ0) is 14.5. The van der Waals surface area contributed by atoms with Crippen LogP contribution >= 0.6 is 0 Å². The molecular weight excluding hydrogens is 266 g/mol.